The van der Waals surface area contributed by atoms with Crippen LogP contribution in [0.4, 0.5) is 0 Å². The number of nitrogens with zero attached hydrogens (tertiary/aromatic N) is 1. The van der Waals surface area contributed by atoms with Crippen LogP contribution in [0.1, 0.15) is 35.3 Å². The Morgan fingerprint density at radius 1 is 0.938 bits per heavy atom. The molecule has 166 valence electrons. The van der Waals surface area contributed by atoms with Gasteiger partial charge in [-0.25, -0.2) is 5.43 Å². The molecule has 0 aliphatic carbocycles. The Hall–Kier alpha value is -3.51. The van der Waals surface area contributed by atoms with Crippen LogP contribution in [-0.4, -0.2) is 25.3 Å². The number of amides is 1. The zero-order valence-electron chi connectivity index (χ0n) is 18.0. The van der Waals surface area contributed by atoms with Gasteiger partial charge in [0.25, 0.3) is 5.91 Å². The van der Waals surface area contributed by atoms with Crippen molar-refractivity contribution < 1.29 is 19.0 Å². The van der Waals surface area contributed by atoms with Gasteiger partial charge in [0.2, 0.25) is 0 Å². The van der Waals surface area contributed by atoms with Gasteiger partial charge in [0.1, 0.15) is 12.4 Å². The summed E-state index contributed by atoms with van der Waals surface area (Å²) in [5.74, 6) is 1.61. The fourth-order valence-corrected chi connectivity index (χ4v) is 3.09. The lowest BCUT2D eigenvalue weighted by atomic mass is 10.2. The molecule has 0 spiro atoms. The fraction of sp³-hybridized carbons (Fsp3) is 0.200. The quantitative estimate of drug-likeness (QED) is 0.326. The Morgan fingerprint density at radius 3 is 2.44 bits per heavy atom. The lowest BCUT2D eigenvalue weighted by Crippen LogP contribution is -2.17. The van der Waals surface area contributed by atoms with Gasteiger partial charge in [-0.1, -0.05) is 23.7 Å². The molecule has 3 aromatic rings. The molecule has 0 fully saturated rings. The topological polar surface area (TPSA) is 69.2 Å². The minimum absolute atomic E-state index is 0.309. The second-order valence-electron chi connectivity index (χ2n) is 6.71. The van der Waals surface area contributed by atoms with Gasteiger partial charge in [0.05, 0.1) is 19.4 Å². The summed E-state index contributed by atoms with van der Waals surface area (Å²) in [6.45, 7) is 5.24. The first kappa shape index (κ1) is 23.2. The molecule has 0 bridgehead atoms. The molecule has 0 saturated carbocycles. The monoisotopic (exact) mass is 452 g/mol. The molecule has 0 atom stereocenters. The Labute approximate surface area is 192 Å². The minimum atomic E-state index is -0.309. The number of hydrogen-bond acceptors (Lipinski definition) is 5. The van der Waals surface area contributed by atoms with E-state index in [1.165, 1.54) is 0 Å². The second kappa shape index (κ2) is 11.8. The maximum Gasteiger partial charge on any atom is 0.271 e. The van der Waals surface area contributed by atoms with Crippen LogP contribution in [0.2, 0.25) is 5.02 Å². The van der Waals surface area contributed by atoms with Gasteiger partial charge < -0.3 is 14.2 Å². The molecule has 3 rings (SSSR count). The highest BCUT2D eigenvalue weighted by Gasteiger charge is 2.08. The van der Waals surface area contributed by atoms with E-state index in [9.17, 15) is 4.79 Å². The molecule has 0 aliphatic rings. The van der Waals surface area contributed by atoms with Gasteiger partial charge in [0.15, 0.2) is 11.5 Å². The van der Waals surface area contributed by atoms with Crippen LogP contribution in [0.3, 0.4) is 0 Å². The molecule has 6 nitrogen and oxygen atoms in total. The third kappa shape index (κ3) is 6.75. The third-order valence-corrected chi connectivity index (χ3v) is 4.59. The molecule has 32 heavy (non-hydrogen) atoms. The molecule has 0 radical (unpaired) electrons. The zero-order chi connectivity index (χ0) is 22.8. The SMILES string of the molecule is CCOc1ccc(C(=O)N/N=C\c2ccc(OCc3cccc(Cl)c3)c(OCC)c2)cc1. The molecule has 1 N–H and O–H groups in total. The first-order valence-corrected chi connectivity index (χ1v) is 10.7. The molecule has 3 aromatic carbocycles. The number of hydrogen-bond donors (Lipinski definition) is 1. The van der Waals surface area contributed by atoms with E-state index in [0.29, 0.717) is 47.7 Å². The van der Waals surface area contributed by atoms with Gasteiger partial charge in [-0.3, -0.25) is 4.79 Å². The smallest absolute Gasteiger partial charge is 0.271 e. The molecular weight excluding hydrogens is 428 g/mol. The summed E-state index contributed by atoms with van der Waals surface area (Å²) in [5.41, 5.74) is 4.73. The van der Waals surface area contributed by atoms with Crippen LogP contribution in [0, 0.1) is 0 Å². The van der Waals surface area contributed by atoms with Crippen LogP contribution in [0.25, 0.3) is 0 Å². The number of carbonyl (C=O) groups is 1. The van der Waals surface area contributed by atoms with Crippen LogP contribution < -0.4 is 19.6 Å². The number of hydrazone groups is 1. The molecule has 7 heteroatoms. The Balaban J connectivity index is 1.62. The van der Waals surface area contributed by atoms with E-state index in [2.05, 4.69) is 10.5 Å². The first-order chi connectivity index (χ1) is 15.6. The van der Waals surface area contributed by atoms with Gasteiger partial charge in [0, 0.05) is 10.6 Å². The summed E-state index contributed by atoms with van der Waals surface area (Å²) in [5, 5.41) is 4.71. The van der Waals surface area contributed by atoms with Crippen molar-refractivity contribution in [2.75, 3.05) is 13.2 Å². The summed E-state index contributed by atoms with van der Waals surface area (Å²) in [7, 11) is 0. The highest BCUT2D eigenvalue weighted by Crippen LogP contribution is 2.29. The van der Waals surface area contributed by atoms with Gasteiger partial charge >= 0.3 is 0 Å². The van der Waals surface area contributed by atoms with E-state index in [0.717, 1.165) is 11.1 Å². The highest BCUT2D eigenvalue weighted by molar-refractivity contribution is 6.30. The number of ether oxygens (including phenoxy) is 3. The Morgan fingerprint density at radius 2 is 1.72 bits per heavy atom. The van der Waals surface area contributed by atoms with E-state index in [1.54, 1.807) is 30.5 Å². The zero-order valence-corrected chi connectivity index (χ0v) is 18.8. The van der Waals surface area contributed by atoms with E-state index in [1.807, 2.05) is 56.3 Å². The van der Waals surface area contributed by atoms with E-state index in [4.69, 9.17) is 25.8 Å². The lowest BCUT2D eigenvalue weighted by molar-refractivity contribution is 0.0955. The van der Waals surface area contributed by atoms with Crippen molar-refractivity contribution >= 4 is 23.7 Å². The number of carbonyl (C=O) groups excluding carboxylic acids is 1. The number of nitrogens with one attached hydrogen (secondary N) is 1. The molecule has 1 amide bonds. The second-order valence-corrected chi connectivity index (χ2v) is 7.15. The average Bonchev–Trinajstić information content (AvgIpc) is 2.79. The summed E-state index contributed by atoms with van der Waals surface area (Å²) in [6.07, 6.45) is 1.55. The third-order valence-electron chi connectivity index (χ3n) is 4.36. The lowest BCUT2D eigenvalue weighted by Gasteiger charge is -2.12. The van der Waals surface area contributed by atoms with Crippen LogP contribution in [-0.2, 0) is 6.61 Å². The largest absolute Gasteiger partial charge is 0.494 e. The normalized spacial score (nSPS) is 10.7. The van der Waals surface area contributed by atoms with Crippen LogP contribution in [0.5, 0.6) is 17.2 Å². The molecular formula is C25H25ClN2O4. The van der Waals surface area contributed by atoms with E-state index < -0.39 is 0 Å². The van der Waals surface area contributed by atoms with Crippen molar-refractivity contribution in [3.63, 3.8) is 0 Å². The predicted molar refractivity (Wildman–Crippen MR) is 126 cm³/mol. The summed E-state index contributed by atoms with van der Waals surface area (Å²) in [6, 6.07) is 19.8. The maximum atomic E-state index is 12.3. The van der Waals surface area contributed by atoms with Crippen molar-refractivity contribution in [1.29, 1.82) is 0 Å². The average molecular weight is 453 g/mol. The summed E-state index contributed by atoms with van der Waals surface area (Å²) in [4.78, 5) is 12.3. The number of benzene rings is 3. The molecule has 0 aliphatic heterocycles. The van der Waals surface area contributed by atoms with Crippen molar-refractivity contribution in [2.24, 2.45) is 5.10 Å². The van der Waals surface area contributed by atoms with Crippen molar-refractivity contribution in [3.8, 4) is 17.2 Å². The maximum absolute atomic E-state index is 12.3. The molecule has 0 aromatic heterocycles. The van der Waals surface area contributed by atoms with Gasteiger partial charge in [-0.15, -0.1) is 0 Å². The summed E-state index contributed by atoms with van der Waals surface area (Å²) < 4.78 is 17.0. The van der Waals surface area contributed by atoms with Crippen molar-refractivity contribution in [2.45, 2.75) is 20.5 Å². The van der Waals surface area contributed by atoms with E-state index in [-0.39, 0.29) is 5.91 Å². The Bertz CT molecular complexity index is 1070. The number of rotatable bonds is 10. The Kier molecular flexibility index (Phi) is 8.52. The first-order valence-electron chi connectivity index (χ1n) is 10.3. The fourth-order valence-electron chi connectivity index (χ4n) is 2.88. The summed E-state index contributed by atoms with van der Waals surface area (Å²) >= 11 is 6.03. The molecule has 0 unspecified atom stereocenters. The van der Waals surface area contributed by atoms with Gasteiger partial charge in [-0.2, -0.15) is 5.10 Å². The van der Waals surface area contributed by atoms with Crippen molar-refractivity contribution in [3.05, 3.63) is 88.4 Å². The van der Waals surface area contributed by atoms with Crippen molar-refractivity contribution in [1.82, 2.24) is 5.43 Å². The van der Waals surface area contributed by atoms with Crippen LogP contribution in [0.15, 0.2) is 71.8 Å². The predicted octanol–water partition coefficient (Wildman–Crippen LogP) is 5.48. The molecule has 0 heterocycles. The minimum Gasteiger partial charge on any atom is -0.494 e. The highest BCUT2D eigenvalue weighted by atomic mass is 35.5. The standard InChI is InChI=1S/C25H25ClN2O4/c1-3-30-22-11-9-20(10-12-22)25(29)28-27-16-18-8-13-23(24(15-18)31-4-2)32-17-19-6-5-7-21(26)14-19/h5-16H,3-4,17H2,1-2H3,(H,28,29)/b27-16-. The molecule has 0 saturated heterocycles. The number of halogens is 1. The van der Waals surface area contributed by atoms with Gasteiger partial charge in [-0.05, 0) is 79.6 Å². The van der Waals surface area contributed by atoms with Crippen LogP contribution >= 0.6 is 11.6 Å². The van der Waals surface area contributed by atoms with E-state index >= 15 is 0 Å².